The Hall–Kier alpha value is -2.42. The summed E-state index contributed by atoms with van der Waals surface area (Å²) in [4.78, 5) is 15.3. The van der Waals surface area contributed by atoms with Crippen molar-refractivity contribution in [2.75, 3.05) is 31.8 Å². The van der Waals surface area contributed by atoms with Crippen molar-refractivity contribution >= 4 is 21.6 Å². The second-order valence-electron chi connectivity index (χ2n) is 7.23. The maximum Gasteiger partial charge on any atom is 0.246 e. The van der Waals surface area contributed by atoms with Gasteiger partial charge in [-0.25, -0.2) is 13.1 Å². The van der Waals surface area contributed by atoms with E-state index in [1.165, 1.54) is 6.26 Å². The van der Waals surface area contributed by atoms with Crippen LogP contribution in [0.5, 0.6) is 5.75 Å². The molecule has 3 rings (SSSR count). The number of nitrogens with zero attached hydrogens (tertiary/aromatic N) is 1. The van der Waals surface area contributed by atoms with Gasteiger partial charge in [0.2, 0.25) is 15.9 Å². The molecule has 1 aliphatic rings. The first-order valence-corrected chi connectivity index (χ1v) is 11.5. The van der Waals surface area contributed by atoms with Crippen LogP contribution in [0.4, 0.5) is 5.69 Å². The van der Waals surface area contributed by atoms with Gasteiger partial charge in [0, 0.05) is 30.9 Å². The molecule has 1 atom stereocenters. The molecule has 1 heterocycles. The van der Waals surface area contributed by atoms with Crippen LogP contribution < -0.4 is 14.8 Å². The molecule has 0 aliphatic carbocycles. The molecule has 2 aromatic carbocycles. The van der Waals surface area contributed by atoms with E-state index in [9.17, 15) is 13.2 Å². The van der Waals surface area contributed by atoms with Crippen molar-refractivity contribution in [3.63, 3.8) is 0 Å². The van der Waals surface area contributed by atoms with E-state index in [0.29, 0.717) is 37.4 Å². The Morgan fingerprint density at radius 3 is 2.41 bits per heavy atom. The van der Waals surface area contributed by atoms with Gasteiger partial charge in [0.1, 0.15) is 11.8 Å². The molecule has 2 N–H and O–H groups in total. The summed E-state index contributed by atoms with van der Waals surface area (Å²) < 4.78 is 30.9. The zero-order valence-corrected chi connectivity index (χ0v) is 17.5. The van der Waals surface area contributed by atoms with Crippen molar-refractivity contribution in [3.8, 4) is 5.75 Å². The predicted octanol–water partition coefficient (Wildman–Crippen LogP) is 2.39. The van der Waals surface area contributed by atoms with Crippen LogP contribution in [-0.4, -0.2) is 51.7 Å². The fourth-order valence-corrected chi connectivity index (χ4v) is 4.49. The number of sulfonamides is 1. The monoisotopic (exact) mass is 417 g/mol. The number of rotatable bonds is 7. The molecule has 1 amide bonds. The fraction of sp³-hybridized carbons (Fsp3) is 0.381. The first-order valence-electron chi connectivity index (χ1n) is 9.57. The van der Waals surface area contributed by atoms with E-state index >= 15 is 0 Å². The molecule has 1 fully saturated rings. The highest BCUT2D eigenvalue weighted by Crippen LogP contribution is 2.27. The Kier molecular flexibility index (Phi) is 6.89. The van der Waals surface area contributed by atoms with Gasteiger partial charge in [-0.1, -0.05) is 36.4 Å². The van der Waals surface area contributed by atoms with E-state index in [1.54, 1.807) is 13.2 Å². The molecule has 156 valence electrons. The average molecular weight is 418 g/mol. The lowest BCUT2D eigenvalue weighted by Crippen LogP contribution is -2.47. The van der Waals surface area contributed by atoms with Crippen LogP contribution in [0.15, 0.2) is 54.6 Å². The minimum Gasteiger partial charge on any atom is -0.497 e. The van der Waals surface area contributed by atoms with Gasteiger partial charge in [0.05, 0.1) is 13.4 Å². The first kappa shape index (κ1) is 21.3. The van der Waals surface area contributed by atoms with E-state index in [0.717, 1.165) is 5.56 Å². The maximum atomic E-state index is 13.2. The lowest BCUT2D eigenvalue weighted by atomic mass is 9.99. The summed E-state index contributed by atoms with van der Waals surface area (Å²) in [6, 6.07) is 16.3. The third kappa shape index (κ3) is 6.03. The third-order valence-corrected chi connectivity index (χ3v) is 5.74. The molecule has 0 unspecified atom stereocenters. The lowest BCUT2D eigenvalue weighted by molar-refractivity contribution is -0.122. The topological polar surface area (TPSA) is 87.7 Å². The van der Waals surface area contributed by atoms with Crippen molar-refractivity contribution in [2.45, 2.75) is 24.9 Å². The van der Waals surface area contributed by atoms with Crippen molar-refractivity contribution < 1.29 is 17.9 Å². The van der Waals surface area contributed by atoms with Crippen molar-refractivity contribution in [3.05, 3.63) is 60.2 Å². The van der Waals surface area contributed by atoms with Gasteiger partial charge < -0.3 is 10.1 Å². The number of piperidine rings is 1. The third-order valence-electron chi connectivity index (χ3n) is 4.98. The molecule has 0 radical (unpaired) electrons. The number of hydrogen-bond donors (Lipinski definition) is 2. The second kappa shape index (κ2) is 9.39. The highest BCUT2D eigenvalue weighted by atomic mass is 32.2. The zero-order valence-electron chi connectivity index (χ0n) is 16.7. The standard InChI is InChI=1S/C21H27N3O4S/c1-28-19-10-6-9-18(15-19)22-21(25)20(16-7-4-3-5-8-16)24-13-11-17(12-14-24)23-29(2,26)27/h3-10,15,17,20,23H,11-14H2,1-2H3,(H,22,25)/t20-/m1/s1. The van der Waals surface area contributed by atoms with Crippen LogP contribution in [0.2, 0.25) is 0 Å². The highest BCUT2D eigenvalue weighted by molar-refractivity contribution is 7.88. The summed E-state index contributed by atoms with van der Waals surface area (Å²) in [6.45, 7) is 1.25. The summed E-state index contributed by atoms with van der Waals surface area (Å²) in [5, 5.41) is 2.99. The van der Waals surface area contributed by atoms with E-state index in [1.807, 2.05) is 48.5 Å². The normalized spacial score (nSPS) is 16.9. The molecular formula is C21H27N3O4S. The first-order chi connectivity index (χ1) is 13.9. The molecule has 2 aromatic rings. The molecule has 0 spiro atoms. The Balaban J connectivity index is 1.76. The Morgan fingerprint density at radius 1 is 1.10 bits per heavy atom. The summed E-state index contributed by atoms with van der Waals surface area (Å²) in [6.07, 6.45) is 2.49. The Labute approximate surface area is 172 Å². The van der Waals surface area contributed by atoms with Crippen LogP contribution in [0.3, 0.4) is 0 Å². The number of benzene rings is 2. The van der Waals surface area contributed by atoms with Gasteiger partial charge in [-0.15, -0.1) is 0 Å². The highest BCUT2D eigenvalue weighted by Gasteiger charge is 2.31. The number of methoxy groups -OCH3 is 1. The fourth-order valence-electron chi connectivity index (χ4n) is 3.65. The summed E-state index contributed by atoms with van der Waals surface area (Å²) in [7, 11) is -1.65. The number of carbonyl (C=O) groups is 1. The minimum absolute atomic E-state index is 0.0980. The summed E-state index contributed by atoms with van der Waals surface area (Å²) in [5.74, 6) is 0.547. The van der Waals surface area contributed by atoms with E-state index in [4.69, 9.17) is 4.74 Å². The van der Waals surface area contributed by atoms with Crippen LogP contribution in [0.25, 0.3) is 0 Å². The van der Waals surface area contributed by atoms with E-state index in [2.05, 4.69) is 14.9 Å². The zero-order chi connectivity index (χ0) is 20.9. The minimum atomic E-state index is -3.24. The van der Waals surface area contributed by atoms with Gasteiger partial charge in [-0.05, 0) is 30.5 Å². The summed E-state index contributed by atoms with van der Waals surface area (Å²) >= 11 is 0. The molecule has 0 aromatic heterocycles. The number of ether oxygens (including phenoxy) is 1. The quantitative estimate of drug-likeness (QED) is 0.722. The number of nitrogens with one attached hydrogen (secondary N) is 2. The molecular weight excluding hydrogens is 390 g/mol. The molecule has 8 heteroatoms. The van der Waals surface area contributed by atoms with Gasteiger partial charge in [0.15, 0.2) is 0 Å². The van der Waals surface area contributed by atoms with Gasteiger partial charge in [-0.3, -0.25) is 9.69 Å². The van der Waals surface area contributed by atoms with Crippen LogP contribution in [-0.2, 0) is 14.8 Å². The van der Waals surface area contributed by atoms with Crippen molar-refractivity contribution in [1.29, 1.82) is 0 Å². The smallest absolute Gasteiger partial charge is 0.246 e. The lowest BCUT2D eigenvalue weighted by Gasteiger charge is -2.37. The maximum absolute atomic E-state index is 13.2. The van der Waals surface area contributed by atoms with Crippen molar-refractivity contribution in [2.24, 2.45) is 0 Å². The summed E-state index contributed by atoms with van der Waals surface area (Å²) in [5.41, 5.74) is 1.58. The largest absolute Gasteiger partial charge is 0.497 e. The number of carbonyl (C=O) groups excluding carboxylic acids is 1. The van der Waals surface area contributed by atoms with Crippen LogP contribution in [0.1, 0.15) is 24.4 Å². The predicted molar refractivity (Wildman–Crippen MR) is 113 cm³/mol. The van der Waals surface area contributed by atoms with E-state index in [-0.39, 0.29) is 11.9 Å². The SMILES string of the molecule is COc1cccc(NC(=O)[C@@H](c2ccccc2)N2CCC(NS(C)(=O)=O)CC2)c1. The Bertz CT molecular complexity index is 926. The molecule has 1 aliphatic heterocycles. The molecule has 7 nitrogen and oxygen atoms in total. The van der Waals surface area contributed by atoms with Gasteiger partial charge >= 0.3 is 0 Å². The van der Waals surface area contributed by atoms with Gasteiger partial charge in [0.25, 0.3) is 0 Å². The van der Waals surface area contributed by atoms with Gasteiger partial charge in [-0.2, -0.15) is 0 Å². The molecule has 0 bridgehead atoms. The second-order valence-corrected chi connectivity index (χ2v) is 9.01. The van der Waals surface area contributed by atoms with Crippen molar-refractivity contribution in [1.82, 2.24) is 9.62 Å². The number of amides is 1. The molecule has 1 saturated heterocycles. The number of anilines is 1. The number of likely N-dealkylation sites (tertiary alicyclic amines) is 1. The van der Waals surface area contributed by atoms with E-state index < -0.39 is 16.1 Å². The van der Waals surface area contributed by atoms with Crippen LogP contribution >= 0.6 is 0 Å². The average Bonchev–Trinajstić information content (AvgIpc) is 2.69. The Morgan fingerprint density at radius 2 is 1.79 bits per heavy atom. The molecule has 29 heavy (non-hydrogen) atoms. The van der Waals surface area contributed by atoms with Crippen LogP contribution in [0, 0.1) is 0 Å². The number of hydrogen-bond acceptors (Lipinski definition) is 5. The molecule has 0 saturated carbocycles.